The van der Waals surface area contributed by atoms with Gasteiger partial charge in [0.1, 0.15) is 6.23 Å². The molecule has 2 unspecified atom stereocenters. The number of hydrogen-bond acceptors (Lipinski definition) is 4. The third-order valence-electron chi connectivity index (χ3n) is 2.45. The summed E-state index contributed by atoms with van der Waals surface area (Å²) in [6, 6.07) is 0. The monoisotopic (exact) mass is 306 g/mol. The van der Waals surface area contributed by atoms with Crippen molar-refractivity contribution in [2.75, 3.05) is 13.7 Å². The van der Waals surface area contributed by atoms with E-state index in [4.69, 9.17) is 9.84 Å². The van der Waals surface area contributed by atoms with Gasteiger partial charge in [0.25, 0.3) is 5.91 Å². The van der Waals surface area contributed by atoms with Gasteiger partial charge in [-0.25, -0.2) is 0 Å². The number of carbonyl (C=O) groups excluding carboxylic acids is 2. The molecule has 7 heteroatoms. The van der Waals surface area contributed by atoms with E-state index in [0.717, 1.165) is 0 Å². The number of rotatable bonds is 5. The van der Waals surface area contributed by atoms with E-state index in [0.29, 0.717) is 19.3 Å². The summed E-state index contributed by atoms with van der Waals surface area (Å²) in [5.74, 6) is -0.325. The van der Waals surface area contributed by atoms with Crippen LogP contribution in [0.25, 0.3) is 0 Å². The first-order chi connectivity index (χ1) is 8.12. The summed E-state index contributed by atoms with van der Waals surface area (Å²) in [5, 5.41) is 11.4. The Balaban J connectivity index is 2.66. The maximum Gasteiger partial charge on any atom is 0.259 e. The Bertz CT molecular complexity index is 321. The first kappa shape index (κ1) is 14.1. The van der Waals surface area contributed by atoms with Gasteiger partial charge in [0.2, 0.25) is 6.41 Å². The van der Waals surface area contributed by atoms with Crippen molar-refractivity contribution in [1.82, 2.24) is 10.2 Å². The molecule has 17 heavy (non-hydrogen) atoms. The predicted molar refractivity (Wildman–Crippen MR) is 64.0 cm³/mol. The fourth-order valence-electron chi connectivity index (χ4n) is 1.53. The summed E-state index contributed by atoms with van der Waals surface area (Å²) in [4.78, 5) is 23.4. The molecule has 0 spiro atoms. The van der Waals surface area contributed by atoms with Gasteiger partial charge >= 0.3 is 0 Å². The van der Waals surface area contributed by atoms with Crippen LogP contribution in [0.15, 0.2) is 10.7 Å². The zero-order valence-electron chi connectivity index (χ0n) is 9.43. The maximum absolute atomic E-state index is 11.2. The van der Waals surface area contributed by atoms with E-state index < -0.39 is 6.23 Å². The van der Waals surface area contributed by atoms with Gasteiger partial charge in [0, 0.05) is 13.2 Å². The topological polar surface area (TPSA) is 78.9 Å². The number of nitrogens with one attached hydrogen (secondary N) is 1. The fourth-order valence-corrected chi connectivity index (χ4v) is 1.97. The molecule has 0 aromatic heterocycles. The normalized spacial score (nSPS) is 24.5. The molecular weight excluding hydrogens is 292 g/mol. The minimum Gasteiger partial charge on any atom is -0.394 e. The lowest BCUT2D eigenvalue weighted by atomic mass is 10.2. The molecule has 0 aromatic carbocycles. The number of nitrogens with zero attached hydrogens (tertiary/aromatic N) is 1. The fraction of sp³-hybridized carbons (Fsp3) is 0.600. The quantitative estimate of drug-likeness (QED) is 0.550. The molecule has 1 saturated heterocycles. The summed E-state index contributed by atoms with van der Waals surface area (Å²) >= 11 is 3.07. The van der Waals surface area contributed by atoms with Crippen LogP contribution >= 0.6 is 15.9 Å². The number of hydrogen-bond donors (Lipinski definition) is 2. The number of carbonyl (C=O) groups is 2. The Hall–Kier alpha value is -0.920. The van der Waals surface area contributed by atoms with Crippen LogP contribution in [0.2, 0.25) is 0 Å². The second kappa shape index (κ2) is 6.73. The van der Waals surface area contributed by atoms with E-state index in [9.17, 15) is 9.59 Å². The lowest BCUT2D eigenvalue weighted by Crippen LogP contribution is -2.31. The van der Waals surface area contributed by atoms with Crippen LogP contribution in [0.5, 0.6) is 0 Å². The molecule has 1 fully saturated rings. The van der Waals surface area contributed by atoms with Crippen LogP contribution in [0.1, 0.15) is 12.8 Å². The lowest BCUT2D eigenvalue weighted by molar-refractivity contribution is -0.127. The number of amides is 2. The summed E-state index contributed by atoms with van der Waals surface area (Å²) in [7, 11) is 1.50. The molecule has 0 aliphatic carbocycles. The van der Waals surface area contributed by atoms with E-state index in [1.807, 2.05) is 0 Å². The van der Waals surface area contributed by atoms with Gasteiger partial charge in [-0.3, -0.25) is 14.5 Å². The smallest absolute Gasteiger partial charge is 0.259 e. The lowest BCUT2D eigenvalue weighted by Gasteiger charge is -2.21. The Kier molecular flexibility index (Phi) is 5.60. The third-order valence-corrected chi connectivity index (χ3v) is 3.01. The number of ether oxygens (including phenoxy) is 1. The van der Waals surface area contributed by atoms with Gasteiger partial charge in [-0.2, -0.15) is 0 Å². The third kappa shape index (κ3) is 3.79. The molecule has 0 radical (unpaired) electrons. The Morgan fingerprint density at radius 2 is 2.35 bits per heavy atom. The van der Waals surface area contributed by atoms with E-state index in [-0.39, 0.29) is 23.1 Å². The van der Waals surface area contributed by atoms with Crippen molar-refractivity contribution in [3.63, 3.8) is 0 Å². The first-order valence-corrected chi connectivity index (χ1v) is 6.00. The Morgan fingerprint density at radius 3 is 2.82 bits per heavy atom. The summed E-state index contributed by atoms with van der Waals surface area (Å²) in [5.41, 5.74) is 0. The predicted octanol–water partition coefficient (Wildman–Crippen LogP) is -0.0755. The molecule has 1 rings (SSSR count). The zero-order chi connectivity index (χ0) is 12.8. The zero-order valence-corrected chi connectivity index (χ0v) is 11.0. The molecule has 2 amide bonds. The van der Waals surface area contributed by atoms with Crippen molar-refractivity contribution in [2.24, 2.45) is 0 Å². The van der Waals surface area contributed by atoms with Crippen molar-refractivity contribution in [2.45, 2.75) is 25.2 Å². The molecule has 6 nitrogen and oxygen atoms in total. The van der Waals surface area contributed by atoms with E-state index in [2.05, 4.69) is 21.2 Å². The number of aliphatic hydroxyl groups is 1. The second-order valence-corrected chi connectivity index (χ2v) is 4.44. The molecule has 2 atom stereocenters. The molecule has 96 valence electrons. The van der Waals surface area contributed by atoms with Crippen molar-refractivity contribution < 1.29 is 19.4 Å². The van der Waals surface area contributed by atoms with Gasteiger partial charge in [-0.1, -0.05) is 0 Å². The van der Waals surface area contributed by atoms with Crippen molar-refractivity contribution in [3.8, 4) is 0 Å². The minimum absolute atomic E-state index is 0.0659. The Labute approximate surface area is 108 Å². The van der Waals surface area contributed by atoms with Gasteiger partial charge in [0.05, 0.1) is 17.2 Å². The summed E-state index contributed by atoms with van der Waals surface area (Å²) in [6.45, 7) is -0.0659. The summed E-state index contributed by atoms with van der Waals surface area (Å²) in [6.07, 6.45) is 2.62. The molecule has 0 saturated carbocycles. The molecular formula is C10H15BrN2O4. The first-order valence-electron chi connectivity index (χ1n) is 5.20. The van der Waals surface area contributed by atoms with E-state index in [1.54, 1.807) is 0 Å². The van der Waals surface area contributed by atoms with Crippen LogP contribution in [0.3, 0.4) is 0 Å². The highest BCUT2D eigenvalue weighted by molar-refractivity contribution is 9.12. The average molecular weight is 307 g/mol. The van der Waals surface area contributed by atoms with Crippen LogP contribution < -0.4 is 5.32 Å². The molecule has 2 N–H and O–H groups in total. The van der Waals surface area contributed by atoms with E-state index >= 15 is 0 Å². The average Bonchev–Trinajstić information content (AvgIpc) is 2.83. The molecule has 1 aliphatic heterocycles. The van der Waals surface area contributed by atoms with E-state index in [1.165, 1.54) is 18.1 Å². The minimum atomic E-state index is -0.429. The van der Waals surface area contributed by atoms with Crippen LogP contribution in [-0.2, 0) is 14.3 Å². The number of aliphatic hydroxyl groups excluding tert-OH is 1. The largest absolute Gasteiger partial charge is 0.394 e. The van der Waals surface area contributed by atoms with Gasteiger partial charge in [0.15, 0.2) is 0 Å². The van der Waals surface area contributed by atoms with Gasteiger partial charge in [-0.05, 0) is 28.8 Å². The van der Waals surface area contributed by atoms with Crippen LogP contribution in [0.4, 0.5) is 0 Å². The summed E-state index contributed by atoms with van der Waals surface area (Å²) < 4.78 is 5.66. The van der Waals surface area contributed by atoms with Crippen molar-refractivity contribution in [1.29, 1.82) is 0 Å². The van der Waals surface area contributed by atoms with Gasteiger partial charge in [-0.15, -0.1) is 0 Å². The highest BCUT2D eigenvalue weighted by Crippen LogP contribution is 2.22. The molecule has 0 bridgehead atoms. The highest BCUT2D eigenvalue weighted by Gasteiger charge is 2.28. The van der Waals surface area contributed by atoms with Gasteiger partial charge < -0.3 is 15.2 Å². The molecule has 0 aromatic rings. The molecule has 1 aliphatic rings. The number of likely N-dealkylation sites (N-methyl/N-ethyl adjacent to an activating group) is 1. The second-order valence-electron chi connectivity index (χ2n) is 3.58. The van der Waals surface area contributed by atoms with Crippen molar-refractivity contribution in [3.05, 3.63) is 10.7 Å². The standard InChI is InChI=1S/C10H15BrN2O4/c1-12-10(16)8(11)4-13(6-15)9-3-2-7(5-14)17-9/h4,6-7,9,14H,2-3,5H2,1H3,(H,12,16)/b8-4+. The maximum atomic E-state index is 11.2. The number of halogens is 1. The SMILES string of the molecule is CNC(=O)/C(Br)=C\N(C=O)C1CCC(CO)O1. The van der Waals surface area contributed by atoms with Crippen LogP contribution in [0, 0.1) is 0 Å². The highest BCUT2D eigenvalue weighted by atomic mass is 79.9. The molecule has 1 heterocycles. The van der Waals surface area contributed by atoms with Crippen molar-refractivity contribution >= 4 is 28.2 Å². The van der Waals surface area contributed by atoms with Crippen LogP contribution in [-0.4, -0.2) is 48.3 Å². The Morgan fingerprint density at radius 1 is 1.65 bits per heavy atom.